The number of halogens is 1. The molecule has 1 aromatic rings. The highest BCUT2D eigenvalue weighted by atomic mass is 79.9. The molecule has 100 valence electrons. The molecule has 1 fully saturated rings. The number of carbonyl (C=O) groups excluding carboxylic acids is 3. The maximum Gasteiger partial charge on any atom is 0.331 e. The fourth-order valence-electron chi connectivity index (χ4n) is 1.53. The third kappa shape index (κ3) is 2.58. The van der Waals surface area contributed by atoms with Crippen LogP contribution < -0.4 is 0 Å². The molecule has 0 unspecified atom stereocenters. The summed E-state index contributed by atoms with van der Waals surface area (Å²) in [6.07, 6.45) is -0.105. The minimum Gasteiger partial charge on any atom is -0.444 e. The Morgan fingerprint density at radius 1 is 1.32 bits per heavy atom. The van der Waals surface area contributed by atoms with Gasteiger partial charge in [-0.15, -0.1) is 0 Å². The first-order chi connectivity index (χ1) is 8.90. The van der Waals surface area contributed by atoms with Gasteiger partial charge in [0.05, 0.1) is 6.42 Å². The predicted molar refractivity (Wildman–Crippen MR) is 68.7 cm³/mol. The lowest BCUT2D eigenvalue weighted by molar-refractivity contribution is -0.127. The van der Waals surface area contributed by atoms with Crippen molar-refractivity contribution in [3.05, 3.63) is 22.6 Å². The minimum absolute atomic E-state index is 0.0339. The summed E-state index contributed by atoms with van der Waals surface area (Å²) in [6.45, 7) is 0. The summed E-state index contributed by atoms with van der Waals surface area (Å²) in [7, 11) is 2.83. The van der Waals surface area contributed by atoms with Crippen molar-refractivity contribution in [2.45, 2.75) is 6.42 Å². The molecule has 4 amide bonds. The number of urea groups is 1. The quantitative estimate of drug-likeness (QED) is 0.782. The molecule has 19 heavy (non-hydrogen) atoms. The second kappa shape index (κ2) is 4.96. The Bertz CT molecular complexity index is 593. The van der Waals surface area contributed by atoms with Crippen molar-refractivity contribution >= 4 is 39.6 Å². The van der Waals surface area contributed by atoms with Crippen LogP contribution in [0.3, 0.4) is 0 Å². The van der Waals surface area contributed by atoms with Crippen LogP contribution in [0.25, 0.3) is 0 Å². The number of amidine groups is 1. The zero-order valence-electron chi connectivity index (χ0n) is 10.2. The van der Waals surface area contributed by atoms with Crippen molar-refractivity contribution in [3.63, 3.8) is 0 Å². The minimum atomic E-state index is -0.641. The van der Waals surface area contributed by atoms with Gasteiger partial charge in [-0.1, -0.05) is 0 Å². The number of imide groups is 1. The van der Waals surface area contributed by atoms with E-state index < -0.39 is 17.8 Å². The van der Waals surface area contributed by atoms with Crippen LogP contribution in [-0.2, 0) is 4.79 Å². The Balaban J connectivity index is 2.25. The molecular formula is C11H10BrN3O4. The number of hydrogen-bond donors (Lipinski definition) is 0. The number of amides is 4. The van der Waals surface area contributed by atoms with Crippen molar-refractivity contribution in [1.29, 1.82) is 0 Å². The smallest absolute Gasteiger partial charge is 0.331 e. The maximum atomic E-state index is 11.8. The third-order valence-corrected chi connectivity index (χ3v) is 3.09. The molecule has 0 saturated carbocycles. The van der Waals surface area contributed by atoms with E-state index in [0.29, 0.717) is 4.67 Å². The zero-order valence-corrected chi connectivity index (χ0v) is 11.8. The lowest BCUT2D eigenvalue weighted by atomic mass is 10.2. The van der Waals surface area contributed by atoms with Crippen LogP contribution >= 0.6 is 15.9 Å². The third-order valence-electron chi connectivity index (χ3n) is 2.66. The average molecular weight is 328 g/mol. The highest BCUT2D eigenvalue weighted by Crippen LogP contribution is 2.16. The van der Waals surface area contributed by atoms with E-state index in [1.807, 2.05) is 0 Å². The Labute approximate surface area is 117 Å². The Morgan fingerprint density at radius 3 is 2.58 bits per heavy atom. The van der Waals surface area contributed by atoms with Crippen LogP contribution in [0.5, 0.6) is 0 Å². The van der Waals surface area contributed by atoms with E-state index >= 15 is 0 Å². The lowest BCUT2D eigenvalue weighted by Crippen LogP contribution is -2.51. The van der Waals surface area contributed by atoms with Gasteiger partial charge in [0.15, 0.2) is 10.4 Å². The van der Waals surface area contributed by atoms with Crippen LogP contribution in [0.1, 0.15) is 17.0 Å². The molecule has 1 saturated heterocycles. The topological polar surface area (TPSA) is 83.2 Å². The summed E-state index contributed by atoms with van der Waals surface area (Å²) in [5.41, 5.74) is 0. The first-order valence-corrected chi connectivity index (χ1v) is 6.11. The Morgan fingerprint density at radius 2 is 2.00 bits per heavy atom. The molecule has 0 spiro atoms. The molecule has 0 radical (unpaired) electrons. The molecule has 0 aromatic carbocycles. The second-order valence-corrected chi connectivity index (χ2v) is 4.69. The SMILES string of the molecule is CN1C(=O)CC(=NC(=O)c2ccc(Br)o2)N(C)C1=O. The molecule has 8 heteroatoms. The molecule has 7 nitrogen and oxygen atoms in total. The predicted octanol–water partition coefficient (Wildman–Crippen LogP) is 1.49. The number of aliphatic imine (C=N–C) groups is 1. The number of carbonyl (C=O) groups is 3. The molecule has 1 aliphatic rings. The van der Waals surface area contributed by atoms with Crippen LogP contribution in [0.2, 0.25) is 0 Å². The van der Waals surface area contributed by atoms with Gasteiger partial charge < -0.3 is 4.42 Å². The molecule has 0 bridgehead atoms. The van der Waals surface area contributed by atoms with E-state index in [1.165, 1.54) is 20.2 Å². The summed E-state index contributed by atoms with van der Waals surface area (Å²) in [5, 5.41) is 0. The van der Waals surface area contributed by atoms with Crippen molar-refractivity contribution in [2.24, 2.45) is 4.99 Å². The van der Waals surface area contributed by atoms with E-state index in [1.54, 1.807) is 6.07 Å². The van der Waals surface area contributed by atoms with Gasteiger partial charge in [-0.05, 0) is 28.1 Å². The van der Waals surface area contributed by atoms with Gasteiger partial charge in [0.2, 0.25) is 5.91 Å². The second-order valence-electron chi connectivity index (χ2n) is 3.91. The lowest BCUT2D eigenvalue weighted by Gasteiger charge is -2.29. The molecule has 2 heterocycles. The van der Waals surface area contributed by atoms with E-state index in [2.05, 4.69) is 20.9 Å². The van der Waals surface area contributed by atoms with E-state index in [4.69, 9.17) is 4.42 Å². The maximum absolute atomic E-state index is 11.8. The van der Waals surface area contributed by atoms with Gasteiger partial charge in [-0.25, -0.2) is 4.79 Å². The van der Waals surface area contributed by atoms with Crippen molar-refractivity contribution in [1.82, 2.24) is 9.80 Å². The van der Waals surface area contributed by atoms with E-state index in [0.717, 1.165) is 9.80 Å². The molecule has 0 N–H and O–H groups in total. The number of furan rings is 1. The van der Waals surface area contributed by atoms with Gasteiger partial charge >= 0.3 is 11.9 Å². The number of nitrogens with zero attached hydrogens (tertiary/aromatic N) is 3. The van der Waals surface area contributed by atoms with Crippen LogP contribution in [-0.4, -0.2) is 47.6 Å². The summed E-state index contributed by atoms with van der Waals surface area (Å²) in [4.78, 5) is 40.9. The van der Waals surface area contributed by atoms with Gasteiger partial charge in [0, 0.05) is 14.1 Å². The van der Waals surface area contributed by atoms with E-state index in [-0.39, 0.29) is 18.0 Å². The zero-order chi connectivity index (χ0) is 14.2. The molecule has 2 rings (SSSR count). The van der Waals surface area contributed by atoms with Crippen LogP contribution in [0.15, 0.2) is 26.2 Å². The summed E-state index contributed by atoms with van der Waals surface area (Å²) < 4.78 is 5.46. The molecule has 0 atom stereocenters. The molecule has 0 aliphatic carbocycles. The number of hydrogen-bond acceptors (Lipinski definition) is 4. The van der Waals surface area contributed by atoms with Gasteiger partial charge in [0.1, 0.15) is 5.84 Å². The van der Waals surface area contributed by atoms with Crippen molar-refractivity contribution < 1.29 is 18.8 Å². The molecule has 1 aromatic heterocycles. The van der Waals surface area contributed by atoms with Crippen LogP contribution in [0, 0.1) is 0 Å². The Kier molecular flexibility index (Phi) is 3.52. The Hall–Kier alpha value is -1.96. The summed E-state index contributed by atoms with van der Waals surface area (Å²) in [5.74, 6) is -0.912. The number of rotatable bonds is 1. The monoisotopic (exact) mass is 327 g/mol. The fraction of sp³-hybridized carbons (Fsp3) is 0.273. The van der Waals surface area contributed by atoms with Crippen molar-refractivity contribution in [2.75, 3.05) is 14.1 Å². The van der Waals surface area contributed by atoms with E-state index in [9.17, 15) is 14.4 Å². The first kappa shape index (κ1) is 13.5. The molecular weight excluding hydrogens is 318 g/mol. The first-order valence-electron chi connectivity index (χ1n) is 5.31. The van der Waals surface area contributed by atoms with Gasteiger partial charge in [-0.2, -0.15) is 4.99 Å². The normalized spacial score (nSPS) is 18.4. The summed E-state index contributed by atoms with van der Waals surface area (Å²) >= 11 is 3.07. The fourth-order valence-corrected chi connectivity index (χ4v) is 1.84. The average Bonchev–Trinajstić information content (AvgIpc) is 2.80. The van der Waals surface area contributed by atoms with Gasteiger partial charge in [-0.3, -0.25) is 19.4 Å². The largest absolute Gasteiger partial charge is 0.444 e. The van der Waals surface area contributed by atoms with Crippen LogP contribution in [0.4, 0.5) is 4.79 Å². The van der Waals surface area contributed by atoms with Crippen molar-refractivity contribution in [3.8, 4) is 0 Å². The highest BCUT2D eigenvalue weighted by Gasteiger charge is 2.32. The highest BCUT2D eigenvalue weighted by molar-refractivity contribution is 9.10. The standard InChI is InChI=1S/C11H10BrN3O4/c1-14-8(5-9(16)15(2)11(14)18)13-10(17)6-3-4-7(12)19-6/h3-4H,5H2,1-2H3. The molecule has 1 aliphatic heterocycles. The summed E-state index contributed by atoms with van der Waals surface area (Å²) in [6, 6.07) is 2.49. The van der Waals surface area contributed by atoms with Gasteiger partial charge in [0.25, 0.3) is 0 Å².